The van der Waals surface area contributed by atoms with Crippen LogP contribution in [0.3, 0.4) is 0 Å². The van der Waals surface area contributed by atoms with Crippen LogP contribution in [-0.2, 0) is 4.74 Å². The largest absolute Gasteiger partial charge is 0.493 e. The number of esters is 1. The van der Waals surface area contributed by atoms with Crippen LogP contribution in [-0.4, -0.2) is 25.3 Å². The second-order valence-electron chi connectivity index (χ2n) is 6.38. The summed E-state index contributed by atoms with van der Waals surface area (Å²) in [5, 5.41) is 0. The zero-order chi connectivity index (χ0) is 18.9. The zero-order valence-electron chi connectivity index (χ0n) is 15.7. The van der Waals surface area contributed by atoms with Crippen LogP contribution in [0, 0.1) is 6.92 Å². The van der Waals surface area contributed by atoms with Gasteiger partial charge in [-0.25, -0.2) is 4.79 Å². The number of unbranched alkanes of at least 4 members (excludes halogenated alkanes) is 1. The summed E-state index contributed by atoms with van der Waals surface area (Å²) in [5.41, 5.74) is 7.99. The molecule has 5 nitrogen and oxygen atoms in total. The van der Waals surface area contributed by atoms with Crippen molar-refractivity contribution in [3.05, 3.63) is 53.6 Å². The molecule has 0 aliphatic heterocycles. The summed E-state index contributed by atoms with van der Waals surface area (Å²) in [5.74, 6) is 1.04. The molecule has 0 aliphatic rings. The van der Waals surface area contributed by atoms with E-state index in [9.17, 15) is 4.79 Å². The molecule has 0 aromatic heterocycles. The van der Waals surface area contributed by atoms with Gasteiger partial charge in [0.05, 0.1) is 30.6 Å². The van der Waals surface area contributed by atoms with Crippen molar-refractivity contribution < 1.29 is 19.0 Å². The van der Waals surface area contributed by atoms with E-state index in [-0.39, 0.29) is 12.1 Å². The molecule has 2 rings (SSSR count). The Bertz CT molecular complexity index is 728. The molecule has 0 saturated carbocycles. The second-order valence-corrected chi connectivity index (χ2v) is 6.38. The summed E-state index contributed by atoms with van der Waals surface area (Å²) in [4.78, 5) is 12.0. The molecular formula is C21H27NO4. The first kappa shape index (κ1) is 19.6. The molecule has 2 N–H and O–H groups in total. The summed E-state index contributed by atoms with van der Waals surface area (Å²) < 4.78 is 16.7. The highest BCUT2D eigenvalue weighted by Crippen LogP contribution is 2.24. The van der Waals surface area contributed by atoms with Gasteiger partial charge in [0.25, 0.3) is 0 Å². The lowest BCUT2D eigenvalue weighted by molar-refractivity contribution is 0.0377. The van der Waals surface area contributed by atoms with Gasteiger partial charge in [0, 0.05) is 0 Å². The van der Waals surface area contributed by atoms with Crippen LogP contribution in [0.1, 0.15) is 42.6 Å². The third kappa shape index (κ3) is 5.99. The SMILES string of the molecule is Cc1ccccc1OCCCCOc1cc(C(=O)OC(C)C)ccc1N. The molecule has 5 heteroatoms. The number of benzene rings is 2. The lowest BCUT2D eigenvalue weighted by Gasteiger charge is -2.12. The van der Waals surface area contributed by atoms with Crippen molar-refractivity contribution in [1.82, 2.24) is 0 Å². The fraction of sp³-hybridized carbons (Fsp3) is 0.381. The molecule has 0 spiro atoms. The van der Waals surface area contributed by atoms with E-state index in [0.29, 0.717) is 30.2 Å². The minimum Gasteiger partial charge on any atom is -0.493 e. The molecule has 0 amide bonds. The molecule has 0 radical (unpaired) electrons. The summed E-state index contributed by atoms with van der Waals surface area (Å²) in [6, 6.07) is 12.9. The van der Waals surface area contributed by atoms with Crippen molar-refractivity contribution in [1.29, 1.82) is 0 Å². The van der Waals surface area contributed by atoms with Crippen LogP contribution >= 0.6 is 0 Å². The van der Waals surface area contributed by atoms with Gasteiger partial charge in [0.2, 0.25) is 0 Å². The minimum atomic E-state index is -0.378. The Kier molecular flexibility index (Phi) is 7.33. The van der Waals surface area contributed by atoms with Gasteiger partial charge in [-0.05, 0) is 63.4 Å². The number of nitrogens with two attached hydrogens (primary N) is 1. The summed E-state index contributed by atoms with van der Waals surface area (Å²) >= 11 is 0. The molecule has 0 aliphatic carbocycles. The first-order valence-electron chi connectivity index (χ1n) is 8.89. The van der Waals surface area contributed by atoms with Gasteiger partial charge in [-0.15, -0.1) is 0 Å². The number of carbonyl (C=O) groups is 1. The first-order chi connectivity index (χ1) is 12.5. The number of nitrogen functional groups attached to an aromatic ring is 1. The molecule has 0 unspecified atom stereocenters. The maximum Gasteiger partial charge on any atom is 0.338 e. The molecule has 0 heterocycles. The topological polar surface area (TPSA) is 70.8 Å². The van der Waals surface area contributed by atoms with E-state index in [1.165, 1.54) is 0 Å². The third-order valence-corrected chi connectivity index (χ3v) is 3.74. The van der Waals surface area contributed by atoms with Crippen LogP contribution in [0.4, 0.5) is 5.69 Å². The molecule has 2 aromatic carbocycles. The van der Waals surface area contributed by atoms with Gasteiger partial charge in [-0.1, -0.05) is 18.2 Å². The standard InChI is InChI=1S/C21H27NO4/c1-15(2)26-21(23)17-10-11-18(22)20(14-17)25-13-7-6-12-24-19-9-5-4-8-16(19)3/h4-5,8-11,14-15H,6-7,12-13,22H2,1-3H3. The van der Waals surface area contributed by atoms with E-state index in [4.69, 9.17) is 19.9 Å². The molecule has 0 saturated heterocycles. The number of carbonyl (C=O) groups excluding carboxylic acids is 1. The van der Waals surface area contributed by atoms with Gasteiger partial charge in [0.15, 0.2) is 0 Å². The maximum absolute atomic E-state index is 12.0. The van der Waals surface area contributed by atoms with E-state index < -0.39 is 0 Å². The number of rotatable bonds is 9. The van der Waals surface area contributed by atoms with Crippen molar-refractivity contribution in [3.8, 4) is 11.5 Å². The molecule has 0 fully saturated rings. The second kappa shape index (κ2) is 9.70. The fourth-order valence-corrected chi connectivity index (χ4v) is 2.36. The van der Waals surface area contributed by atoms with Crippen LogP contribution in [0.2, 0.25) is 0 Å². The van der Waals surface area contributed by atoms with Crippen molar-refractivity contribution >= 4 is 11.7 Å². The predicted octanol–water partition coefficient (Wildman–Crippen LogP) is 4.38. The Balaban J connectivity index is 1.76. The Morgan fingerprint density at radius 1 is 1.00 bits per heavy atom. The highest BCUT2D eigenvalue weighted by atomic mass is 16.5. The number of anilines is 1. The number of hydrogen-bond donors (Lipinski definition) is 1. The van der Waals surface area contributed by atoms with Gasteiger partial charge in [-0.2, -0.15) is 0 Å². The Labute approximate surface area is 155 Å². The number of para-hydroxylation sites is 1. The lowest BCUT2D eigenvalue weighted by atomic mass is 10.2. The monoisotopic (exact) mass is 357 g/mol. The molecular weight excluding hydrogens is 330 g/mol. The molecule has 0 bridgehead atoms. The van der Waals surface area contributed by atoms with Crippen LogP contribution in [0.5, 0.6) is 11.5 Å². The van der Waals surface area contributed by atoms with Crippen molar-refractivity contribution in [2.24, 2.45) is 0 Å². The normalized spacial score (nSPS) is 10.6. The average molecular weight is 357 g/mol. The van der Waals surface area contributed by atoms with Crippen LogP contribution < -0.4 is 15.2 Å². The lowest BCUT2D eigenvalue weighted by Crippen LogP contribution is -2.12. The van der Waals surface area contributed by atoms with Crippen LogP contribution in [0.25, 0.3) is 0 Å². The van der Waals surface area contributed by atoms with E-state index >= 15 is 0 Å². The Hall–Kier alpha value is -2.69. The number of hydrogen-bond acceptors (Lipinski definition) is 5. The maximum atomic E-state index is 12.0. The summed E-state index contributed by atoms with van der Waals surface area (Å²) in [6.07, 6.45) is 1.52. The zero-order valence-corrected chi connectivity index (χ0v) is 15.7. The van der Waals surface area contributed by atoms with Gasteiger partial charge >= 0.3 is 5.97 Å². The van der Waals surface area contributed by atoms with E-state index in [2.05, 4.69) is 0 Å². The third-order valence-electron chi connectivity index (χ3n) is 3.74. The first-order valence-corrected chi connectivity index (χ1v) is 8.89. The minimum absolute atomic E-state index is 0.169. The number of ether oxygens (including phenoxy) is 3. The quantitative estimate of drug-likeness (QED) is 0.410. The summed E-state index contributed by atoms with van der Waals surface area (Å²) in [6.45, 7) is 6.78. The average Bonchev–Trinajstić information content (AvgIpc) is 2.60. The number of aryl methyl sites for hydroxylation is 1. The Morgan fingerprint density at radius 3 is 2.31 bits per heavy atom. The Morgan fingerprint density at radius 2 is 1.65 bits per heavy atom. The van der Waals surface area contributed by atoms with E-state index in [1.807, 2.05) is 45.0 Å². The highest BCUT2D eigenvalue weighted by Gasteiger charge is 2.12. The van der Waals surface area contributed by atoms with Gasteiger partial charge in [-0.3, -0.25) is 0 Å². The van der Waals surface area contributed by atoms with Crippen LogP contribution in [0.15, 0.2) is 42.5 Å². The van der Waals surface area contributed by atoms with Gasteiger partial charge < -0.3 is 19.9 Å². The summed E-state index contributed by atoms with van der Waals surface area (Å²) in [7, 11) is 0. The van der Waals surface area contributed by atoms with Gasteiger partial charge in [0.1, 0.15) is 11.5 Å². The molecule has 26 heavy (non-hydrogen) atoms. The fourth-order valence-electron chi connectivity index (χ4n) is 2.36. The van der Waals surface area contributed by atoms with E-state index in [0.717, 1.165) is 24.2 Å². The smallest absolute Gasteiger partial charge is 0.338 e. The van der Waals surface area contributed by atoms with Crippen molar-refractivity contribution in [2.45, 2.75) is 39.7 Å². The predicted molar refractivity (Wildman–Crippen MR) is 103 cm³/mol. The van der Waals surface area contributed by atoms with E-state index in [1.54, 1.807) is 18.2 Å². The molecule has 140 valence electrons. The molecule has 2 aromatic rings. The molecule has 0 atom stereocenters. The van der Waals surface area contributed by atoms with Crippen molar-refractivity contribution in [2.75, 3.05) is 18.9 Å². The van der Waals surface area contributed by atoms with Crippen molar-refractivity contribution in [3.63, 3.8) is 0 Å². The highest BCUT2D eigenvalue weighted by molar-refractivity contribution is 5.90.